The fraction of sp³-hybridized carbons (Fsp3) is 0.889. The second-order valence-electron chi connectivity index (χ2n) is 3.96. The van der Waals surface area contributed by atoms with Gasteiger partial charge in [-0.05, 0) is 25.7 Å². The highest BCUT2D eigenvalue weighted by molar-refractivity contribution is 5.85. The number of nitrogens with two attached hydrogens (primary N) is 1. The molecule has 0 aromatic carbocycles. The summed E-state index contributed by atoms with van der Waals surface area (Å²) >= 11 is 0. The SMILES string of the molecule is Cl.NC1CCCN(C(=O)C2CC2)C1. The van der Waals surface area contributed by atoms with Gasteiger partial charge in [-0.3, -0.25) is 4.79 Å². The third-order valence-corrected chi connectivity index (χ3v) is 2.70. The molecule has 1 aliphatic heterocycles. The molecule has 2 rings (SSSR count). The molecule has 1 aliphatic carbocycles. The van der Waals surface area contributed by atoms with Gasteiger partial charge < -0.3 is 10.6 Å². The lowest BCUT2D eigenvalue weighted by Crippen LogP contribution is -2.46. The molecule has 0 aromatic heterocycles. The van der Waals surface area contributed by atoms with E-state index in [1.165, 1.54) is 0 Å². The minimum Gasteiger partial charge on any atom is -0.341 e. The van der Waals surface area contributed by atoms with E-state index in [1.54, 1.807) is 0 Å². The summed E-state index contributed by atoms with van der Waals surface area (Å²) in [7, 11) is 0. The maximum atomic E-state index is 11.6. The van der Waals surface area contributed by atoms with Crippen molar-refractivity contribution in [1.82, 2.24) is 4.90 Å². The number of hydrogen-bond donors (Lipinski definition) is 1. The molecule has 1 saturated carbocycles. The molecule has 2 N–H and O–H groups in total. The van der Waals surface area contributed by atoms with Gasteiger partial charge in [0.2, 0.25) is 5.91 Å². The van der Waals surface area contributed by atoms with E-state index in [0.717, 1.165) is 38.8 Å². The fourth-order valence-electron chi connectivity index (χ4n) is 1.80. The Morgan fingerprint density at radius 3 is 2.54 bits per heavy atom. The van der Waals surface area contributed by atoms with Crippen molar-refractivity contribution >= 4 is 18.3 Å². The van der Waals surface area contributed by atoms with Crippen molar-refractivity contribution < 1.29 is 4.79 Å². The van der Waals surface area contributed by atoms with Crippen LogP contribution in [0.25, 0.3) is 0 Å². The van der Waals surface area contributed by atoms with Crippen molar-refractivity contribution in [3.8, 4) is 0 Å². The highest BCUT2D eigenvalue weighted by Crippen LogP contribution is 2.31. The molecule has 2 fully saturated rings. The minimum absolute atomic E-state index is 0. The summed E-state index contributed by atoms with van der Waals surface area (Å²) in [4.78, 5) is 13.5. The lowest BCUT2D eigenvalue weighted by atomic mass is 10.1. The molecule has 2 aliphatic rings. The van der Waals surface area contributed by atoms with Gasteiger partial charge in [-0.25, -0.2) is 0 Å². The van der Waals surface area contributed by atoms with E-state index in [4.69, 9.17) is 5.73 Å². The van der Waals surface area contributed by atoms with Crippen molar-refractivity contribution in [3.63, 3.8) is 0 Å². The number of carbonyl (C=O) groups excluding carboxylic acids is 1. The molecular formula is C9H17ClN2O. The number of piperidine rings is 1. The van der Waals surface area contributed by atoms with Crippen LogP contribution >= 0.6 is 12.4 Å². The molecule has 1 saturated heterocycles. The van der Waals surface area contributed by atoms with Gasteiger partial charge in [-0.15, -0.1) is 12.4 Å². The summed E-state index contributed by atoms with van der Waals surface area (Å²) < 4.78 is 0. The first-order valence-corrected chi connectivity index (χ1v) is 4.82. The topological polar surface area (TPSA) is 46.3 Å². The molecule has 1 atom stereocenters. The average molecular weight is 205 g/mol. The average Bonchev–Trinajstić information content (AvgIpc) is 2.85. The number of likely N-dealkylation sites (tertiary alicyclic amines) is 1. The van der Waals surface area contributed by atoms with E-state index >= 15 is 0 Å². The Labute approximate surface area is 85.1 Å². The van der Waals surface area contributed by atoms with Gasteiger partial charge >= 0.3 is 0 Å². The monoisotopic (exact) mass is 204 g/mol. The number of hydrogen-bond acceptors (Lipinski definition) is 2. The predicted octanol–water partition coefficient (Wildman–Crippen LogP) is 0.768. The van der Waals surface area contributed by atoms with Crippen LogP contribution in [0.15, 0.2) is 0 Å². The molecule has 0 spiro atoms. The third kappa shape index (κ3) is 2.58. The van der Waals surface area contributed by atoms with Crippen LogP contribution in [-0.4, -0.2) is 29.9 Å². The standard InChI is InChI=1S/C9H16N2O.ClH/c10-8-2-1-5-11(6-8)9(12)7-3-4-7;/h7-8H,1-6,10H2;1H. The van der Waals surface area contributed by atoms with Gasteiger partial charge in [0.1, 0.15) is 0 Å². The second kappa shape index (κ2) is 4.29. The fourth-order valence-corrected chi connectivity index (χ4v) is 1.80. The molecule has 0 bridgehead atoms. The first-order chi connectivity index (χ1) is 5.77. The number of rotatable bonds is 1. The summed E-state index contributed by atoms with van der Waals surface area (Å²) in [5, 5.41) is 0. The van der Waals surface area contributed by atoms with E-state index in [1.807, 2.05) is 4.90 Å². The highest BCUT2D eigenvalue weighted by atomic mass is 35.5. The molecule has 3 nitrogen and oxygen atoms in total. The molecule has 4 heteroatoms. The molecule has 0 radical (unpaired) electrons. The molecule has 13 heavy (non-hydrogen) atoms. The predicted molar refractivity (Wildman–Crippen MR) is 53.8 cm³/mol. The highest BCUT2D eigenvalue weighted by Gasteiger charge is 2.34. The summed E-state index contributed by atoms with van der Waals surface area (Å²) in [6.07, 6.45) is 4.36. The summed E-state index contributed by atoms with van der Waals surface area (Å²) in [6, 6.07) is 0.224. The lowest BCUT2D eigenvalue weighted by Gasteiger charge is -2.30. The Hall–Kier alpha value is -0.280. The van der Waals surface area contributed by atoms with Gasteiger partial charge in [-0.1, -0.05) is 0 Å². The van der Waals surface area contributed by atoms with Gasteiger partial charge in [0.25, 0.3) is 0 Å². The zero-order valence-electron chi connectivity index (χ0n) is 7.74. The zero-order valence-corrected chi connectivity index (χ0v) is 8.55. The van der Waals surface area contributed by atoms with Gasteiger partial charge in [0.15, 0.2) is 0 Å². The quantitative estimate of drug-likeness (QED) is 0.686. The van der Waals surface area contributed by atoms with Crippen LogP contribution in [0.3, 0.4) is 0 Å². The van der Waals surface area contributed by atoms with Crippen LogP contribution in [-0.2, 0) is 4.79 Å². The van der Waals surface area contributed by atoms with Gasteiger partial charge in [0.05, 0.1) is 0 Å². The summed E-state index contributed by atoms with van der Waals surface area (Å²) in [5.74, 6) is 0.709. The Morgan fingerprint density at radius 2 is 2.00 bits per heavy atom. The van der Waals surface area contributed by atoms with E-state index in [-0.39, 0.29) is 18.4 Å². The van der Waals surface area contributed by atoms with Gasteiger partial charge in [-0.2, -0.15) is 0 Å². The van der Waals surface area contributed by atoms with Crippen LogP contribution in [0.4, 0.5) is 0 Å². The molecular weight excluding hydrogens is 188 g/mol. The van der Waals surface area contributed by atoms with E-state index < -0.39 is 0 Å². The van der Waals surface area contributed by atoms with Crippen molar-refractivity contribution in [2.24, 2.45) is 11.7 Å². The molecule has 1 heterocycles. The Kier molecular flexibility index (Phi) is 3.56. The van der Waals surface area contributed by atoms with Crippen LogP contribution < -0.4 is 5.73 Å². The van der Waals surface area contributed by atoms with E-state index in [0.29, 0.717) is 11.8 Å². The molecule has 76 valence electrons. The normalized spacial score (nSPS) is 28.1. The second-order valence-corrected chi connectivity index (χ2v) is 3.96. The minimum atomic E-state index is 0. The Bertz CT molecular complexity index is 194. The maximum Gasteiger partial charge on any atom is 0.225 e. The number of amides is 1. The van der Waals surface area contributed by atoms with Gasteiger partial charge in [0, 0.05) is 25.0 Å². The van der Waals surface area contributed by atoms with E-state index in [9.17, 15) is 4.79 Å². The summed E-state index contributed by atoms with van der Waals surface area (Å²) in [5.41, 5.74) is 5.79. The van der Waals surface area contributed by atoms with Crippen molar-refractivity contribution in [2.75, 3.05) is 13.1 Å². The Morgan fingerprint density at radius 1 is 1.31 bits per heavy atom. The molecule has 1 unspecified atom stereocenters. The first kappa shape index (κ1) is 10.8. The van der Waals surface area contributed by atoms with Crippen molar-refractivity contribution in [3.05, 3.63) is 0 Å². The lowest BCUT2D eigenvalue weighted by molar-refractivity contribution is -0.133. The van der Waals surface area contributed by atoms with Crippen LogP contribution in [0.2, 0.25) is 0 Å². The number of halogens is 1. The number of nitrogens with zero attached hydrogens (tertiary/aromatic N) is 1. The molecule has 0 aromatic rings. The third-order valence-electron chi connectivity index (χ3n) is 2.70. The first-order valence-electron chi connectivity index (χ1n) is 4.82. The smallest absolute Gasteiger partial charge is 0.225 e. The summed E-state index contributed by atoms with van der Waals surface area (Å²) in [6.45, 7) is 1.72. The Balaban J connectivity index is 0.000000845. The largest absolute Gasteiger partial charge is 0.341 e. The van der Waals surface area contributed by atoms with E-state index in [2.05, 4.69) is 0 Å². The van der Waals surface area contributed by atoms with Crippen LogP contribution in [0.5, 0.6) is 0 Å². The zero-order chi connectivity index (χ0) is 8.55. The van der Waals surface area contributed by atoms with Crippen LogP contribution in [0.1, 0.15) is 25.7 Å². The number of carbonyl (C=O) groups is 1. The van der Waals surface area contributed by atoms with Crippen LogP contribution in [0, 0.1) is 5.92 Å². The molecule has 1 amide bonds. The van der Waals surface area contributed by atoms with Crippen molar-refractivity contribution in [1.29, 1.82) is 0 Å². The maximum absolute atomic E-state index is 11.6. The van der Waals surface area contributed by atoms with Crippen molar-refractivity contribution in [2.45, 2.75) is 31.7 Å².